The van der Waals surface area contributed by atoms with E-state index in [-0.39, 0.29) is 18.0 Å². The number of aryl methyl sites for hydroxylation is 1. The van der Waals surface area contributed by atoms with Crippen molar-refractivity contribution in [3.63, 3.8) is 0 Å². The van der Waals surface area contributed by atoms with Crippen molar-refractivity contribution in [2.75, 3.05) is 0 Å². The number of hydrogen-bond donors (Lipinski definition) is 0. The van der Waals surface area contributed by atoms with Gasteiger partial charge in [-0.2, -0.15) is 0 Å². The molecule has 0 spiro atoms. The van der Waals surface area contributed by atoms with Crippen LogP contribution in [0.3, 0.4) is 0 Å². The number of hydrogen-bond acceptors (Lipinski definition) is 4. The second-order valence-corrected chi connectivity index (χ2v) is 12.1. The van der Waals surface area contributed by atoms with Gasteiger partial charge in [-0.15, -0.1) is 0 Å². The molecule has 0 N–H and O–H groups in total. The molecule has 0 aromatic heterocycles. The first-order valence-corrected chi connectivity index (χ1v) is 13.7. The quantitative estimate of drug-likeness (QED) is 0.270. The molecule has 1 saturated carbocycles. The van der Waals surface area contributed by atoms with Crippen molar-refractivity contribution in [2.24, 2.45) is 35.0 Å². The number of carbonyl (C=O) groups excluding carboxylic acids is 4. The van der Waals surface area contributed by atoms with Gasteiger partial charge >= 0.3 is 0 Å². The van der Waals surface area contributed by atoms with Gasteiger partial charge in [0.2, 0.25) is 0 Å². The summed E-state index contributed by atoms with van der Waals surface area (Å²) in [6.07, 6.45) is 3.92. The molecule has 194 valence electrons. The molecule has 5 heteroatoms. The standard InChI is InChI=1S/C30H43ClO4/c1-19(2)7-13-24-27(33)26(25(32)14-10-22-8-11-23(31)12-9-22)29(35)30(28(24)34,17-15-20(3)4)18-16-21(5)6/h8-9,11-12,19-21,24,26H,7,10,13-18H2,1-6H3. The Bertz CT molecular complexity index is 885. The van der Waals surface area contributed by atoms with Crippen LogP contribution in [-0.2, 0) is 25.6 Å². The third-order valence-corrected chi connectivity index (χ3v) is 7.63. The minimum atomic E-state index is -1.32. The lowest BCUT2D eigenvalue weighted by Crippen LogP contribution is -2.58. The van der Waals surface area contributed by atoms with Crippen molar-refractivity contribution in [3.8, 4) is 0 Å². The van der Waals surface area contributed by atoms with Crippen LogP contribution in [0, 0.1) is 35.0 Å². The van der Waals surface area contributed by atoms with E-state index in [2.05, 4.69) is 41.5 Å². The zero-order chi connectivity index (χ0) is 26.3. The van der Waals surface area contributed by atoms with Crippen molar-refractivity contribution < 1.29 is 19.2 Å². The first-order valence-electron chi connectivity index (χ1n) is 13.3. The van der Waals surface area contributed by atoms with Crippen molar-refractivity contribution >= 4 is 34.7 Å². The molecule has 0 heterocycles. The molecule has 0 saturated heterocycles. The van der Waals surface area contributed by atoms with Gasteiger partial charge in [0, 0.05) is 11.4 Å². The third kappa shape index (κ3) is 7.59. The van der Waals surface area contributed by atoms with E-state index >= 15 is 0 Å². The van der Waals surface area contributed by atoms with E-state index in [0.29, 0.717) is 67.7 Å². The van der Waals surface area contributed by atoms with E-state index in [4.69, 9.17) is 11.6 Å². The summed E-state index contributed by atoms with van der Waals surface area (Å²) in [5.41, 5.74) is -0.304. The number of benzene rings is 1. The maximum atomic E-state index is 14.0. The highest BCUT2D eigenvalue weighted by molar-refractivity contribution is 6.34. The summed E-state index contributed by atoms with van der Waals surface area (Å²) >= 11 is 5.96. The lowest BCUT2D eigenvalue weighted by molar-refractivity contribution is -0.160. The van der Waals surface area contributed by atoms with Crippen LogP contribution >= 0.6 is 11.6 Å². The van der Waals surface area contributed by atoms with E-state index in [1.54, 1.807) is 12.1 Å². The zero-order valence-corrected chi connectivity index (χ0v) is 23.1. The summed E-state index contributed by atoms with van der Waals surface area (Å²) in [6, 6.07) is 7.23. The molecule has 1 aliphatic carbocycles. The predicted octanol–water partition coefficient (Wildman–Crippen LogP) is 7.09. The van der Waals surface area contributed by atoms with Crippen molar-refractivity contribution in [2.45, 2.75) is 92.9 Å². The average Bonchev–Trinajstić information content (AvgIpc) is 2.78. The molecule has 1 aliphatic rings. The van der Waals surface area contributed by atoms with E-state index < -0.39 is 28.8 Å². The molecule has 2 unspecified atom stereocenters. The SMILES string of the molecule is CC(C)CCC1C(=O)C(C(=O)CCc2ccc(Cl)cc2)C(=O)C(CCC(C)C)(CCC(C)C)C1=O. The normalized spacial score (nSPS) is 20.3. The van der Waals surface area contributed by atoms with Crippen LogP contribution in [0.2, 0.25) is 5.02 Å². The van der Waals surface area contributed by atoms with Gasteiger partial charge in [0.1, 0.15) is 5.92 Å². The molecule has 0 amide bonds. The van der Waals surface area contributed by atoms with Crippen molar-refractivity contribution in [1.29, 1.82) is 0 Å². The van der Waals surface area contributed by atoms with Crippen molar-refractivity contribution in [1.82, 2.24) is 0 Å². The molecule has 4 nitrogen and oxygen atoms in total. The van der Waals surface area contributed by atoms with E-state index in [9.17, 15) is 19.2 Å². The Kier molecular flexibility index (Phi) is 10.9. The Labute approximate surface area is 216 Å². The highest BCUT2D eigenvalue weighted by Gasteiger charge is 2.59. The van der Waals surface area contributed by atoms with Gasteiger partial charge < -0.3 is 0 Å². The highest BCUT2D eigenvalue weighted by atomic mass is 35.5. The molecule has 2 rings (SSSR count). The van der Waals surface area contributed by atoms with Gasteiger partial charge in [-0.1, -0.05) is 65.3 Å². The third-order valence-electron chi connectivity index (χ3n) is 7.37. The Morgan fingerprint density at radius 1 is 0.829 bits per heavy atom. The number of ketones is 4. The highest BCUT2D eigenvalue weighted by Crippen LogP contribution is 2.45. The molecular weight excluding hydrogens is 460 g/mol. The monoisotopic (exact) mass is 502 g/mol. The molecule has 0 bridgehead atoms. The number of carbonyl (C=O) groups is 4. The van der Waals surface area contributed by atoms with E-state index in [1.165, 1.54) is 0 Å². The van der Waals surface area contributed by atoms with Crippen molar-refractivity contribution in [3.05, 3.63) is 34.9 Å². The summed E-state index contributed by atoms with van der Waals surface area (Å²) < 4.78 is 0. The van der Waals surface area contributed by atoms with Gasteiger partial charge in [-0.3, -0.25) is 19.2 Å². The van der Waals surface area contributed by atoms with Crippen LogP contribution in [-0.4, -0.2) is 23.1 Å². The fourth-order valence-corrected chi connectivity index (χ4v) is 5.15. The van der Waals surface area contributed by atoms with Gasteiger partial charge in [-0.25, -0.2) is 0 Å². The second-order valence-electron chi connectivity index (χ2n) is 11.6. The first-order chi connectivity index (χ1) is 16.4. The topological polar surface area (TPSA) is 68.3 Å². The maximum absolute atomic E-state index is 14.0. The van der Waals surface area contributed by atoms with E-state index in [1.807, 2.05) is 12.1 Å². The minimum absolute atomic E-state index is 0.0965. The largest absolute Gasteiger partial charge is 0.298 e. The van der Waals surface area contributed by atoms with Crippen LogP contribution in [0.25, 0.3) is 0 Å². The van der Waals surface area contributed by atoms with Gasteiger partial charge in [0.05, 0.1) is 11.3 Å². The molecule has 35 heavy (non-hydrogen) atoms. The zero-order valence-electron chi connectivity index (χ0n) is 22.4. The molecule has 0 aliphatic heterocycles. The van der Waals surface area contributed by atoms with Crippen LogP contribution in [0.5, 0.6) is 0 Å². The number of halogens is 1. The molecule has 1 aromatic rings. The fourth-order valence-electron chi connectivity index (χ4n) is 5.02. The molecule has 1 fully saturated rings. The maximum Gasteiger partial charge on any atom is 0.164 e. The molecule has 0 radical (unpaired) electrons. The van der Waals surface area contributed by atoms with Crippen LogP contribution in [0.4, 0.5) is 0 Å². The summed E-state index contributed by atoms with van der Waals surface area (Å²) in [5, 5.41) is 0.615. The van der Waals surface area contributed by atoms with Gasteiger partial charge in [0.25, 0.3) is 0 Å². The second kappa shape index (κ2) is 12.9. The smallest absolute Gasteiger partial charge is 0.164 e. The van der Waals surface area contributed by atoms with E-state index in [0.717, 1.165) is 5.56 Å². The lowest BCUT2D eigenvalue weighted by Gasteiger charge is -2.41. The average molecular weight is 503 g/mol. The Balaban J connectivity index is 2.42. The fraction of sp³-hybridized carbons (Fsp3) is 0.667. The first kappa shape index (κ1) is 29.4. The molecular formula is C30H43ClO4. The number of rotatable bonds is 13. The lowest BCUT2D eigenvalue weighted by atomic mass is 9.57. The summed E-state index contributed by atoms with van der Waals surface area (Å²) in [7, 11) is 0. The Morgan fingerprint density at radius 2 is 1.34 bits per heavy atom. The molecule has 1 aromatic carbocycles. The minimum Gasteiger partial charge on any atom is -0.298 e. The summed E-state index contributed by atoms with van der Waals surface area (Å²) in [6.45, 7) is 12.4. The van der Waals surface area contributed by atoms with Gasteiger partial charge in [0.15, 0.2) is 23.1 Å². The Morgan fingerprint density at radius 3 is 1.83 bits per heavy atom. The predicted molar refractivity (Wildman–Crippen MR) is 141 cm³/mol. The Hall–Kier alpha value is -1.81. The van der Waals surface area contributed by atoms with Crippen LogP contribution in [0.1, 0.15) is 92.1 Å². The summed E-state index contributed by atoms with van der Waals surface area (Å²) in [5.74, 6) is -2.70. The van der Waals surface area contributed by atoms with Crippen LogP contribution in [0.15, 0.2) is 24.3 Å². The van der Waals surface area contributed by atoms with Gasteiger partial charge in [-0.05, 0) is 80.4 Å². The molecule has 2 atom stereocenters. The summed E-state index contributed by atoms with van der Waals surface area (Å²) in [4.78, 5) is 54.9. The number of Topliss-reactive ketones (excluding diaryl/α,β-unsaturated/α-hetero) is 4. The van der Waals surface area contributed by atoms with Crippen LogP contribution < -0.4 is 0 Å².